The van der Waals surface area contributed by atoms with E-state index in [1.807, 2.05) is 59.0 Å². The molecule has 1 fully saturated rings. The van der Waals surface area contributed by atoms with E-state index in [2.05, 4.69) is 25.4 Å². The Morgan fingerprint density at radius 1 is 1.18 bits per heavy atom. The van der Waals surface area contributed by atoms with Gasteiger partial charge in [-0.3, -0.25) is 9.98 Å². The van der Waals surface area contributed by atoms with Crippen molar-refractivity contribution < 1.29 is 17.6 Å². The number of fused-ring (bicyclic) bond motifs is 1. The van der Waals surface area contributed by atoms with Crippen molar-refractivity contribution in [2.24, 2.45) is 4.99 Å². The average molecular weight is 555 g/mol. The molecule has 3 aromatic rings. The molecule has 12 heteroatoms. The molecule has 0 amide bonds. The molecule has 1 aliphatic rings. The molecule has 0 aliphatic carbocycles. The monoisotopic (exact) mass is 554 g/mol. The summed E-state index contributed by atoms with van der Waals surface area (Å²) in [5.74, 6) is -1.54. The molecular formula is C27H42F4N8. The second kappa shape index (κ2) is 16.0. The van der Waals surface area contributed by atoms with Gasteiger partial charge in [-0.1, -0.05) is 20.8 Å². The Labute approximate surface area is 228 Å². The van der Waals surface area contributed by atoms with Crippen molar-refractivity contribution in [3.8, 4) is 11.3 Å². The van der Waals surface area contributed by atoms with Crippen molar-refractivity contribution in [3.05, 3.63) is 30.1 Å². The van der Waals surface area contributed by atoms with Gasteiger partial charge in [0.05, 0.1) is 23.6 Å². The SMILES string of the molecule is CC.CCC(F)F.CN1CCCC(F)(F)C1.CNc1nc(N)nn2ccc(-c3ccc(N=C(C)C)c(C)n3)c12. The summed E-state index contributed by atoms with van der Waals surface area (Å²) < 4.78 is 48.1. The van der Waals surface area contributed by atoms with Gasteiger partial charge in [-0.05, 0) is 59.0 Å². The molecular weight excluding hydrogens is 512 g/mol. The van der Waals surface area contributed by atoms with Crippen LogP contribution in [0.5, 0.6) is 0 Å². The third kappa shape index (κ3) is 10.8. The van der Waals surface area contributed by atoms with Crippen LogP contribution in [-0.2, 0) is 0 Å². The van der Waals surface area contributed by atoms with Crippen LogP contribution >= 0.6 is 0 Å². The Balaban J connectivity index is 0.000000391. The largest absolute Gasteiger partial charge is 0.371 e. The minimum absolute atomic E-state index is 0.0278. The van der Waals surface area contributed by atoms with E-state index in [1.54, 1.807) is 23.5 Å². The molecule has 1 saturated heterocycles. The van der Waals surface area contributed by atoms with Crippen LogP contribution in [-0.4, -0.2) is 69.7 Å². The lowest BCUT2D eigenvalue weighted by atomic mass is 10.1. The van der Waals surface area contributed by atoms with Gasteiger partial charge in [0.25, 0.3) is 5.92 Å². The van der Waals surface area contributed by atoms with Crippen LogP contribution in [0.2, 0.25) is 0 Å². The molecule has 0 aromatic carbocycles. The van der Waals surface area contributed by atoms with Gasteiger partial charge in [-0.25, -0.2) is 22.1 Å². The first kappa shape index (κ1) is 33.7. The van der Waals surface area contributed by atoms with Gasteiger partial charge in [-0.15, -0.1) is 5.10 Å². The predicted octanol–water partition coefficient (Wildman–Crippen LogP) is 6.87. The van der Waals surface area contributed by atoms with Gasteiger partial charge < -0.3 is 16.0 Å². The smallest absolute Gasteiger partial charge is 0.260 e. The second-order valence-electron chi connectivity index (χ2n) is 8.95. The van der Waals surface area contributed by atoms with Crippen LogP contribution in [0.4, 0.5) is 35.0 Å². The summed E-state index contributed by atoms with van der Waals surface area (Å²) in [4.78, 5) is 15.1. The summed E-state index contributed by atoms with van der Waals surface area (Å²) in [5.41, 5.74) is 11.1. The molecule has 8 nitrogen and oxygen atoms in total. The number of piperidine rings is 1. The number of pyridine rings is 1. The van der Waals surface area contributed by atoms with Crippen LogP contribution in [0.15, 0.2) is 29.4 Å². The van der Waals surface area contributed by atoms with E-state index in [0.717, 1.165) is 40.4 Å². The molecule has 0 spiro atoms. The molecule has 1 aliphatic heterocycles. The van der Waals surface area contributed by atoms with Gasteiger partial charge in [0.1, 0.15) is 5.52 Å². The number of nitrogens with zero attached hydrogens (tertiary/aromatic N) is 6. The Bertz CT molecular complexity index is 1190. The fraction of sp³-hybridized carbons (Fsp3) is 0.556. The van der Waals surface area contributed by atoms with Gasteiger partial charge in [0.15, 0.2) is 5.82 Å². The number of nitrogen functional groups attached to an aromatic ring is 1. The van der Waals surface area contributed by atoms with E-state index in [4.69, 9.17) is 5.73 Å². The minimum Gasteiger partial charge on any atom is -0.371 e. The normalized spacial score (nSPS) is 14.3. The highest BCUT2D eigenvalue weighted by Gasteiger charge is 2.33. The third-order valence-corrected chi connectivity index (χ3v) is 5.33. The summed E-state index contributed by atoms with van der Waals surface area (Å²) in [7, 11) is 3.53. The first-order chi connectivity index (χ1) is 18.4. The van der Waals surface area contributed by atoms with Crippen molar-refractivity contribution in [1.29, 1.82) is 0 Å². The van der Waals surface area contributed by atoms with Crippen molar-refractivity contribution in [2.45, 2.75) is 73.2 Å². The Hall–Kier alpha value is -3.28. The Morgan fingerprint density at radius 3 is 2.28 bits per heavy atom. The first-order valence-corrected chi connectivity index (χ1v) is 13.0. The summed E-state index contributed by atoms with van der Waals surface area (Å²) in [6.07, 6.45) is 0.402. The maximum Gasteiger partial charge on any atom is 0.260 e. The molecule has 4 rings (SSSR count). The van der Waals surface area contributed by atoms with Crippen LogP contribution in [0.3, 0.4) is 0 Å². The summed E-state index contributed by atoms with van der Waals surface area (Å²) in [6.45, 7) is 12.1. The van der Waals surface area contributed by atoms with E-state index < -0.39 is 12.3 Å². The fourth-order valence-corrected chi connectivity index (χ4v) is 3.65. The predicted molar refractivity (Wildman–Crippen MR) is 153 cm³/mol. The molecule has 0 atom stereocenters. The number of likely N-dealkylation sites (tertiary alicyclic amines) is 1. The van der Waals surface area contributed by atoms with Crippen molar-refractivity contribution in [2.75, 3.05) is 38.2 Å². The lowest BCUT2D eigenvalue weighted by Gasteiger charge is -2.28. The zero-order chi connectivity index (χ0) is 29.8. The van der Waals surface area contributed by atoms with Crippen LogP contribution in [0, 0.1) is 6.92 Å². The van der Waals surface area contributed by atoms with E-state index in [0.29, 0.717) is 12.2 Å². The first-order valence-electron chi connectivity index (χ1n) is 13.0. The second-order valence-corrected chi connectivity index (χ2v) is 8.95. The van der Waals surface area contributed by atoms with Gasteiger partial charge in [0, 0.05) is 37.4 Å². The number of nitrogens with one attached hydrogen (secondary N) is 1. The van der Waals surface area contributed by atoms with Crippen molar-refractivity contribution in [3.63, 3.8) is 0 Å². The molecule has 3 aromatic heterocycles. The molecule has 218 valence electrons. The summed E-state index contributed by atoms with van der Waals surface area (Å²) in [6, 6.07) is 5.89. The van der Waals surface area contributed by atoms with E-state index in [1.165, 1.54) is 6.92 Å². The van der Waals surface area contributed by atoms with Crippen LogP contribution in [0.1, 0.15) is 59.6 Å². The molecule has 0 unspecified atom stereocenters. The van der Waals surface area contributed by atoms with E-state index >= 15 is 0 Å². The fourth-order valence-electron chi connectivity index (χ4n) is 3.65. The summed E-state index contributed by atoms with van der Waals surface area (Å²) >= 11 is 0. The standard InChI is InChI=1S/C16H19N7.C6H11F2N.C3H6F2.C2H6/c1-9(2)19-12-5-6-13(20-10(12)3)11-7-8-23-14(11)15(18-4)21-16(17)22-23;1-9-4-2-3-6(7,8)5-9;1-2-3(4)5;1-2/h5-8H,1-4H3,(H3,17,18,21,22);2-5H2,1H3;3H,2H2,1H3;1-2H3. The van der Waals surface area contributed by atoms with Gasteiger partial charge in [-0.2, -0.15) is 4.98 Å². The lowest BCUT2D eigenvalue weighted by Crippen LogP contribution is -2.39. The maximum atomic E-state index is 12.4. The molecule has 39 heavy (non-hydrogen) atoms. The number of alkyl halides is 4. The van der Waals surface area contributed by atoms with Crippen molar-refractivity contribution in [1.82, 2.24) is 24.5 Å². The number of nitrogens with two attached hydrogens (primary N) is 1. The number of aryl methyl sites for hydroxylation is 1. The molecule has 3 N–H and O–H groups in total. The number of anilines is 2. The zero-order valence-corrected chi connectivity index (χ0v) is 24.2. The van der Waals surface area contributed by atoms with Crippen molar-refractivity contribution >= 4 is 28.7 Å². The molecule has 4 heterocycles. The van der Waals surface area contributed by atoms with Gasteiger partial charge in [0.2, 0.25) is 12.4 Å². The number of rotatable bonds is 4. The number of aromatic nitrogens is 4. The number of hydrogen-bond donors (Lipinski definition) is 2. The quantitative estimate of drug-likeness (QED) is 0.270. The minimum atomic E-state index is -2.42. The Morgan fingerprint density at radius 2 is 1.82 bits per heavy atom. The van der Waals surface area contributed by atoms with E-state index in [-0.39, 0.29) is 25.3 Å². The highest BCUT2D eigenvalue weighted by atomic mass is 19.3. The number of hydrogen-bond acceptors (Lipinski definition) is 7. The molecule has 0 saturated carbocycles. The topological polar surface area (TPSA) is 96.7 Å². The van der Waals surface area contributed by atoms with Crippen LogP contribution in [0.25, 0.3) is 16.8 Å². The highest BCUT2D eigenvalue weighted by Crippen LogP contribution is 2.30. The third-order valence-electron chi connectivity index (χ3n) is 5.33. The maximum absolute atomic E-state index is 12.4. The molecule has 0 radical (unpaired) electrons. The number of halogens is 4. The zero-order valence-electron chi connectivity index (χ0n) is 24.2. The number of aliphatic imine (C=N–C) groups is 1. The van der Waals surface area contributed by atoms with Gasteiger partial charge >= 0.3 is 0 Å². The Kier molecular flexibility index (Phi) is 13.8. The molecule has 0 bridgehead atoms. The highest BCUT2D eigenvalue weighted by molar-refractivity contribution is 5.88. The lowest BCUT2D eigenvalue weighted by molar-refractivity contribution is -0.0571. The summed E-state index contributed by atoms with van der Waals surface area (Å²) in [5, 5.41) is 7.26. The van der Waals surface area contributed by atoms with Crippen LogP contribution < -0.4 is 11.1 Å². The van der Waals surface area contributed by atoms with E-state index in [9.17, 15) is 17.6 Å². The average Bonchev–Trinajstić information content (AvgIpc) is 3.29.